The van der Waals surface area contributed by atoms with Crippen LogP contribution in [0.1, 0.15) is 77.6 Å². The van der Waals surface area contributed by atoms with Crippen molar-refractivity contribution in [3.8, 4) is 11.1 Å². The number of benzene rings is 9. The molecule has 0 saturated carbocycles. The monoisotopic (exact) mass is 905 g/mol. The molecule has 0 atom stereocenters. The van der Waals surface area contributed by atoms with Crippen molar-refractivity contribution in [1.29, 1.82) is 0 Å². The second kappa shape index (κ2) is 15.1. The summed E-state index contributed by atoms with van der Waals surface area (Å²) >= 11 is 0. The minimum absolute atomic E-state index is 0.0142. The normalized spacial score (nSPS) is 14.3. The van der Waals surface area contributed by atoms with Gasteiger partial charge in [0.1, 0.15) is 11.2 Å². The average Bonchev–Trinajstić information content (AvgIpc) is 3.84. The highest BCUT2D eigenvalue weighted by atomic mass is 16.3. The van der Waals surface area contributed by atoms with Crippen molar-refractivity contribution in [2.75, 3.05) is 14.7 Å². The highest BCUT2D eigenvalue weighted by molar-refractivity contribution is 7.00. The Kier molecular flexibility index (Phi) is 9.15. The molecule has 3 aliphatic rings. The molecule has 0 fully saturated rings. The molecule has 0 spiro atoms. The van der Waals surface area contributed by atoms with Crippen LogP contribution >= 0.6 is 0 Å². The minimum Gasteiger partial charge on any atom is -0.456 e. The third-order valence-electron chi connectivity index (χ3n) is 15.6. The fraction of sp³-hybridized carbons (Fsp3) is 0.169. The zero-order chi connectivity index (χ0) is 47.8. The summed E-state index contributed by atoms with van der Waals surface area (Å²) in [5.74, 6) is 0. The Hall–Kier alpha value is -7.76. The number of hydrogen-bond acceptors (Lipinski definition) is 4. The van der Waals surface area contributed by atoms with Crippen LogP contribution in [0.25, 0.3) is 33.1 Å². The Bertz CT molecular complexity index is 3720. The van der Waals surface area contributed by atoms with Gasteiger partial charge in [0.25, 0.3) is 6.71 Å². The number of nitrogens with zero attached hydrogens (tertiary/aromatic N) is 3. The fourth-order valence-corrected chi connectivity index (χ4v) is 11.9. The molecule has 3 heterocycles. The SMILES string of the molecule is CC(C)(C)c1ccc(N2c3cc(N(c4ccccc4)c4ccc5oc6ccccc6c5c4)ccc3B3c4cc5c(cc4N(c4ccc(C(C)(C)C)cc4)c4cccc2c43)C(C)(C)c2ccccc2-5)cc1. The maximum atomic E-state index is 6.35. The molecule has 0 radical (unpaired) electrons. The maximum Gasteiger partial charge on any atom is 0.252 e. The average molecular weight is 906 g/mol. The summed E-state index contributed by atoms with van der Waals surface area (Å²) in [4.78, 5) is 7.50. The summed E-state index contributed by atoms with van der Waals surface area (Å²) in [5, 5.41) is 2.21. The molecular weight excluding hydrogens is 850 g/mol. The molecule has 0 bridgehead atoms. The lowest BCUT2D eigenvalue weighted by Gasteiger charge is -2.45. The molecule has 4 nitrogen and oxygen atoms in total. The summed E-state index contributed by atoms with van der Waals surface area (Å²) in [5.41, 5.74) is 24.0. The lowest BCUT2D eigenvalue weighted by atomic mass is 9.33. The second-order valence-corrected chi connectivity index (χ2v) is 22.2. The second-order valence-electron chi connectivity index (χ2n) is 22.2. The largest absolute Gasteiger partial charge is 0.456 e. The smallest absolute Gasteiger partial charge is 0.252 e. The highest BCUT2D eigenvalue weighted by Gasteiger charge is 2.46. The summed E-state index contributed by atoms with van der Waals surface area (Å²) in [6, 6.07) is 72.7. The molecule has 1 aromatic heterocycles. The number of furan rings is 1. The molecule has 0 saturated heterocycles. The first-order chi connectivity index (χ1) is 33.7. The molecule has 9 aromatic carbocycles. The number of fused-ring (bicyclic) bond motifs is 10. The van der Waals surface area contributed by atoms with E-state index >= 15 is 0 Å². The first-order valence-corrected chi connectivity index (χ1v) is 24.9. The van der Waals surface area contributed by atoms with Gasteiger partial charge in [0.2, 0.25) is 0 Å². The van der Waals surface area contributed by atoms with E-state index in [-0.39, 0.29) is 23.0 Å². The van der Waals surface area contributed by atoms with Crippen LogP contribution in [0, 0.1) is 0 Å². The first-order valence-electron chi connectivity index (χ1n) is 24.9. The minimum atomic E-state index is -0.160. The van der Waals surface area contributed by atoms with Crippen LogP contribution in [0.5, 0.6) is 0 Å². The van der Waals surface area contributed by atoms with Crippen LogP contribution in [0.3, 0.4) is 0 Å². The van der Waals surface area contributed by atoms with E-state index in [4.69, 9.17) is 4.42 Å². The summed E-state index contributed by atoms with van der Waals surface area (Å²) in [6.07, 6.45) is 0. The quantitative estimate of drug-likeness (QED) is 0.161. The molecule has 0 amide bonds. The van der Waals surface area contributed by atoms with Crippen molar-refractivity contribution in [2.24, 2.45) is 0 Å². The van der Waals surface area contributed by atoms with Gasteiger partial charge in [-0.3, -0.25) is 0 Å². The number of hydrogen-bond donors (Lipinski definition) is 0. The van der Waals surface area contributed by atoms with Crippen LogP contribution < -0.4 is 31.1 Å². The summed E-state index contributed by atoms with van der Waals surface area (Å²) in [6.45, 7) is 18.5. The third kappa shape index (κ3) is 6.37. The first kappa shape index (κ1) is 42.4. The van der Waals surface area contributed by atoms with E-state index in [0.29, 0.717) is 0 Å². The Morgan fingerprint density at radius 3 is 1.67 bits per heavy atom. The van der Waals surface area contributed by atoms with Gasteiger partial charge in [-0.1, -0.05) is 159 Å². The van der Waals surface area contributed by atoms with Gasteiger partial charge < -0.3 is 19.1 Å². The molecule has 0 N–H and O–H groups in total. The van der Waals surface area contributed by atoms with E-state index in [1.807, 2.05) is 6.07 Å². The maximum absolute atomic E-state index is 6.35. The van der Waals surface area contributed by atoms with Crippen molar-refractivity contribution >= 4 is 96.2 Å². The van der Waals surface area contributed by atoms with Gasteiger partial charge in [0, 0.05) is 67.4 Å². The van der Waals surface area contributed by atoms with Crippen LogP contribution in [0.4, 0.5) is 51.2 Å². The Morgan fingerprint density at radius 1 is 0.429 bits per heavy atom. The van der Waals surface area contributed by atoms with E-state index in [1.54, 1.807) is 0 Å². The van der Waals surface area contributed by atoms with Crippen molar-refractivity contribution in [2.45, 2.75) is 71.6 Å². The van der Waals surface area contributed by atoms with Crippen LogP contribution in [0.15, 0.2) is 199 Å². The van der Waals surface area contributed by atoms with Gasteiger partial charge in [-0.2, -0.15) is 0 Å². The number of para-hydroxylation sites is 2. The Labute approximate surface area is 412 Å². The topological polar surface area (TPSA) is 22.9 Å². The van der Waals surface area contributed by atoms with E-state index in [9.17, 15) is 0 Å². The molecule has 0 unspecified atom stereocenters. The van der Waals surface area contributed by atoms with Crippen LogP contribution in [0.2, 0.25) is 0 Å². The van der Waals surface area contributed by atoms with Gasteiger partial charge >= 0.3 is 0 Å². The van der Waals surface area contributed by atoms with Gasteiger partial charge in [0.05, 0.1) is 0 Å². The lowest BCUT2D eigenvalue weighted by Crippen LogP contribution is -2.61. The molecule has 70 heavy (non-hydrogen) atoms. The van der Waals surface area contributed by atoms with E-state index in [0.717, 1.165) is 50.4 Å². The number of rotatable bonds is 5. The van der Waals surface area contributed by atoms with E-state index < -0.39 is 0 Å². The van der Waals surface area contributed by atoms with Gasteiger partial charge in [-0.15, -0.1) is 0 Å². The molecule has 340 valence electrons. The standard InChI is InChI=1S/C65H56BN3O/c1-63(2,3)41-25-29-44(30-26-41)68-56-22-16-23-57-62(56)66(55-39-50-48-19-12-14-21-52(48)65(7,8)53(50)40-59(55)69(57)45-31-27-42(28-32-45)64(4,5)6)54-35-33-47(38-58(54)68)67(43-17-10-9-11-18-43)46-34-36-61-51(37-46)49-20-13-15-24-60(49)70-61/h9-40H,1-8H3. The van der Waals surface area contributed by atoms with Crippen molar-refractivity contribution in [3.63, 3.8) is 0 Å². The molecule has 2 aliphatic heterocycles. The Balaban J connectivity index is 1.08. The van der Waals surface area contributed by atoms with E-state index in [1.165, 1.54) is 72.5 Å². The number of anilines is 9. The third-order valence-corrected chi connectivity index (χ3v) is 15.6. The van der Waals surface area contributed by atoms with E-state index in [2.05, 4.69) is 258 Å². The summed E-state index contributed by atoms with van der Waals surface area (Å²) in [7, 11) is 0. The Morgan fingerprint density at radius 2 is 1.00 bits per heavy atom. The molecular formula is C65H56BN3O. The highest BCUT2D eigenvalue weighted by Crippen LogP contribution is 2.52. The molecule has 1 aliphatic carbocycles. The van der Waals surface area contributed by atoms with Gasteiger partial charge in [-0.05, 0) is 152 Å². The predicted molar refractivity (Wildman–Crippen MR) is 297 cm³/mol. The van der Waals surface area contributed by atoms with Gasteiger partial charge in [-0.25, -0.2) is 0 Å². The van der Waals surface area contributed by atoms with Gasteiger partial charge in [0.15, 0.2) is 0 Å². The van der Waals surface area contributed by atoms with Crippen molar-refractivity contribution in [1.82, 2.24) is 0 Å². The summed E-state index contributed by atoms with van der Waals surface area (Å²) < 4.78 is 6.35. The zero-order valence-electron chi connectivity index (χ0n) is 41.3. The predicted octanol–water partition coefficient (Wildman–Crippen LogP) is 16.0. The van der Waals surface area contributed by atoms with Crippen molar-refractivity contribution < 1.29 is 4.42 Å². The molecule has 10 aromatic rings. The van der Waals surface area contributed by atoms with Crippen molar-refractivity contribution in [3.05, 3.63) is 216 Å². The van der Waals surface area contributed by atoms with Crippen LogP contribution in [-0.4, -0.2) is 6.71 Å². The fourth-order valence-electron chi connectivity index (χ4n) is 11.9. The molecule has 13 rings (SSSR count). The lowest BCUT2D eigenvalue weighted by molar-refractivity contribution is 0.590. The van der Waals surface area contributed by atoms with Crippen LogP contribution in [-0.2, 0) is 16.2 Å². The zero-order valence-corrected chi connectivity index (χ0v) is 41.3. The molecule has 5 heteroatoms.